The van der Waals surface area contributed by atoms with Gasteiger partial charge in [-0.2, -0.15) is 0 Å². The summed E-state index contributed by atoms with van der Waals surface area (Å²) in [6, 6.07) is 0. The van der Waals surface area contributed by atoms with Crippen molar-refractivity contribution in [3.63, 3.8) is 0 Å². The van der Waals surface area contributed by atoms with Crippen molar-refractivity contribution < 1.29 is 13.3 Å². The van der Waals surface area contributed by atoms with Crippen LogP contribution in [0.2, 0.25) is 0 Å². The Morgan fingerprint density at radius 2 is 2.10 bits per heavy atom. The van der Waals surface area contributed by atoms with E-state index < -0.39 is 14.8 Å². The highest BCUT2D eigenvalue weighted by Crippen LogP contribution is 1.90. The first kappa shape index (κ1) is 9.09. The second kappa shape index (κ2) is 3.31. The summed E-state index contributed by atoms with van der Waals surface area (Å²) in [5.74, 6) is -0.114. The zero-order chi connectivity index (χ0) is 8.20. The van der Waals surface area contributed by atoms with Crippen LogP contribution in [0.4, 0.5) is 0 Å². The molecule has 0 atom stereocenters. The van der Waals surface area contributed by atoms with Gasteiger partial charge in [0, 0.05) is 0 Å². The molecular formula is C4H7NO4S. The number of hydrogen-bond acceptors (Lipinski definition) is 4. The van der Waals surface area contributed by atoms with E-state index in [1.54, 1.807) is 0 Å². The fourth-order valence-electron chi connectivity index (χ4n) is 0.239. The Kier molecular flexibility index (Phi) is 3.01. The monoisotopic (exact) mass is 165 g/mol. The van der Waals surface area contributed by atoms with E-state index in [0.29, 0.717) is 11.6 Å². The Morgan fingerprint density at radius 3 is 2.40 bits per heavy atom. The maximum Gasteiger partial charge on any atom is 0.245 e. The topological polar surface area (TPSA) is 77.3 Å². The second-order valence-electron chi connectivity index (χ2n) is 1.52. The normalized spacial score (nSPS) is 12.1. The molecule has 0 unspecified atom stereocenters. The van der Waals surface area contributed by atoms with E-state index in [-0.39, 0.29) is 5.75 Å². The molecule has 0 saturated heterocycles. The van der Waals surface area contributed by atoms with Crippen molar-refractivity contribution in [2.24, 2.45) is 0 Å². The fraction of sp³-hybridized carbons (Fsp3) is 0.500. The molecule has 0 aliphatic carbocycles. The van der Waals surface area contributed by atoms with Crippen LogP contribution in [0.15, 0.2) is 11.6 Å². The molecule has 0 aromatic rings. The molecule has 0 aliphatic rings. The molecule has 10 heavy (non-hydrogen) atoms. The van der Waals surface area contributed by atoms with E-state index in [4.69, 9.17) is 0 Å². The zero-order valence-corrected chi connectivity index (χ0v) is 6.17. The van der Waals surface area contributed by atoms with Gasteiger partial charge in [0.1, 0.15) is 5.41 Å². The van der Waals surface area contributed by atoms with Gasteiger partial charge in [0.25, 0.3) is 0 Å². The van der Waals surface area contributed by atoms with Gasteiger partial charge in [0.15, 0.2) is 9.84 Å². The number of nitrogens with zero attached hydrogens (tertiary/aromatic N) is 1. The molecule has 58 valence electrons. The summed E-state index contributed by atoms with van der Waals surface area (Å²) in [7, 11) is -3.34. The van der Waals surface area contributed by atoms with Gasteiger partial charge in [0.05, 0.1) is 10.7 Å². The first-order chi connectivity index (χ1) is 4.48. The van der Waals surface area contributed by atoms with Crippen LogP contribution in [0.1, 0.15) is 6.92 Å². The SMILES string of the molecule is CCS(=O)(=O)/C=C/[N+](=O)[O-]. The Morgan fingerprint density at radius 1 is 1.60 bits per heavy atom. The van der Waals surface area contributed by atoms with Crippen molar-refractivity contribution in [2.45, 2.75) is 6.92 Å². The number of nitro groups is 1. The molecule has 0 radical (unpaired) electrons. The lowest BCUT2D eigenvalue weighted by molar-refractivity contribution is -0.402. The highest BCUT2D eigenvalue weighted by molar-refractivity contribution is 7.94. The van der Waals surface area contributed by atoms with Crippen LogP contribution < -0.4 is 0 Å². The van der Waals surface area contributed by atoms with Gasteiger partial charge in [-0.05, 0) is 0 Å². The van der Waals surface area contributed by atoms with Crippen LogP contribution in [0.5, 0.6) is 0 Å². The molecule has 0 heterocycles. The molecule has 0 aromatic heterocycles. The van der Waals surface area contributed by atoms with Crippen molar-refractivity contribution in [2.75, 3.05) is 5.75 Å². The van der Waals surface area contributed by atoms with E-state index in [9.17, 15) is 18.5 Å². The Labute approximate surface area is 58.4 Å². The summed E-state index contributed by atoms with van der Waals surface area (Å²) in [4.78, 5) is 8.80. The maximum absolute atomic E-state index is 10.5. The molecular weight excluding hydrogens is 158 g/mol. The van der Waals surface area contributed by atoms with E-state index >= 15 is 0 Å². The zero-order valence-electron chi connectivity index (χ0n) is 5.35. The van der Waals surface area contributed by atoms with Crippen LogP contribution in [-0.4, -0.2) is 19.1 Å². The molecule has 0 bridgehead atoms. The van der Waals surface area contributed by atoms with Gasteiger partial charge in [0.2, 0.25) is 6.20 Å². The minimum atomic E-state index is -3.34. The van der Waals surface area contributed by atoms with Crippen molar-refractivity contribution in [3.8, 4) is 0 Å². The molecule has 0 rings (SSSR count). The van der Waals surface area contributed by atoms with Crippen LogP contribution in [-0.2, 0) is 9.84 Å². The molecule has 0 spiro atoms. The lowest BCUT2D eigenvalue weighted by Gasteiger charge is -1.85. The van der Waals surface area contributed by atoms with Gasteiger partial charge in [-0.1, -0.05) is 6.92 Å². The highest BCUT2D eigenvalue weighted by atomic mass is 32.2. The lowest BCUT2D eigenvalue weighted by Crippen LogP contribution is -1.98. The summed E-state index contributed by atoms with van der Waals surface area (Å²) in [6.45, 7) is 1.42. The summed E-state index contributed by atoms with van der Waals surface area (Å²) < 4.78 is 21.0. The van der Waals surface area contributed by atoms with Crippen LogP contribution in [0.3, 0.4) is 0 Å². The fourth-order valence-corrected chi connectivity index (χ4v) is 0.716. The molecule has 0 aromatic carbocycles. The predicted octanol–water partition coefficient (Wildman–Crippen LogP) is 0.169. The third kappa shape index (κ3) is 4.02. The molecule has 6 heteroatoms. The van der Waals surface area contributed by atoms with Crippen molar-refractivity contribution >= 4 is 9.84 Å². The first-order valence-electron chi connectivity index (χ1n) is 2.52. The van der Waals surface area contributed by atoms with E-state index in [1.165, 1.54) is 6.92 Å². The summed E-state index contributed by atoms with van der Waals surface area (Å²) in [5, 5.41) is 10.2. The minimum Gasteiger partial charge on any atom is -0.259 e. The quantitative estimate of drug-likeness (QED) is 0.441. The summed E-state index contributed by atoms with van der Waals surface area (Å²) in [6.07, 6.45) is 0.416. The molecule has 0 saturated carbocycles. The number of hydrogen-bond donors (Lipinski definition) is 0. The largest absolute Gasteiger partial charge is 0.259 e. The van der Waals surface area contributed by atoms with E-state index in [2.05, 4.69) is 0 Å². The van der Waals surface area contributed by atoms with Crippen molar-refractivity contribution in [1.82, 2.24) is 0 Å². The second-order valence-corrected chi connectivity index (χ2v) is 3.70. The molecule has 0 N–H and O–H groups in total. The van der Waals surface area contributed by atoms with Gasteiger partial charge >= 0.3 is 0 Å². The smallest absolute Gasteiger partial charge is 0.245 e. The molecule has 5 nitrogen and oxygen atoms in total. The number of rotatable bonds is 3. The average Bonchev–Trinajstić information content (AvgIpc) is 1.85. The van der Waals surface area contributed by atoms with E-state index in [1.807, 2.05) is 0 Å². The van der Waals surface area contributed by atoms with Crippen molar-refractivity contribution in [1.29, 1.82) is 0 Å². The summed E-state index contributed by atoms with van der Waals surface area (Å²) in [5.41, 5.74) is 0. The molecule has 0 amide bonds. The molecule has 0 aliphatic heterocycles. The van der Waals surface area contributed by atoms with Crippen LogP contribution >= 0.6 is 0 Å². The molecule has 0 fully saturated rings. The van der Waals surface area contributed by atoms with Crippen molar-refractivity contribution in [3.05, 3.63) is 21.7 Å². The van der Waals surface area contributed by atoms with Gasteiger partial charge in [-0.15, -0.1) is 0 Å². The maximum atomic E-state index is 10.5. The van der Waals surface area contributed by atoms with E-state index in [0.717, 1.165) is 0 Å². The lowest BCUT2D eigenvalue weighted by atomic mass is 11.0. The number of sulfone groups is 1. The Hall–Kier alpha value is -0.910. The third-order valence-corrected chi connectivity index (χ3v) is 2.13. The summed E-state index contributed by atoms with van der Waals surface area (Å²) >= 11 is 0. The average molecular weight is 165 g/mol. The highest BCUT2D eigenvalue weighted by Gasteiger charge is 2.02. The van der Waals surface area contributed by atoms with Crippen LogP contribution in [0.25, 0.3) is 0 Å². The third-order valence-electron chi connectivity index (χ3n) is 0.792. The minimum absolute atomic E-state index is 0.114. The Balaban J connectivity index is 4.29. The standard InChI is InChI=1S/C4H7NO4S/c1-2-10(8,9)4-3-5(6)7/h3-4H,2H2,1H3/b4-3+. The van der Waals surface area contributed by atoms with Gasteiger partial charge in [-0.3, -0.25) is 10.1 Å². The Bertz CT molecular complexity index is 240. The van der Waals surface area contributed by atoms with Gasteiger partial charge < -0.3 is 0 Å². The van der Waals surface area contributed by atoms with Gasteiger partial charge in [-0.25, -0.2) is 8.42 Å². The first-order valence-corrected chi connectivity index (χ1v) is 4.24. The van der Waals surface area contributed by atoms with Crippen LogP contribution in [0, 0.1) is 10.1 Å². The predicted molar refractivity (Wildman–Crippen MR) is 35.6 cm³/mol.